The average Bonchev–Trinajstić information content (AvgIpc) is 2.96. The second kappa shape index (κ2) is 8.40. The van der Waals surface area contributed by atoms with Crippen molar-refractivity contribution < 1.29 is 14.3 Å². The molecule has 0 saturated carbocycles. The van der Waals surface area contributed by atoms with E-state index in [0.717, 1.165) is 10.5 Å². The monoisotopic (exact) mass is 448 g/mol. The number of hydrogen-bond donors (Lipinski definition) is 0. The molecule has 0 unspecified atom stereocenters. The van der Waals surface area contributed by atoms with Gasteiger partial charge in [-0.1, -0.05) is 52.7 Å². The first-order valence-electron chi connectivity index (χ1n) is 9.11. The van der Waals surface area contributed by atoms with Crippen LogP contribution in [0, 0.1) is 6.92 Å². The van der Waals surface area contributed by atoms with Crippen LogP contribution in [0.3, 0.4) is 0 Å². The van der Waals surface area contributed by atoms with Crippen molar-refractivity contribution in [3.8, 4) is 0 Å². The Morgan fingerprint density at radius 1 is 0.931 bits per heavy atom. The predicted octanol–water partition coefficient (Wildman–Crippen LogP) is 4.51. The molecular formula is C21H18Cl2N2O3S. The minimum Gasteiger partial charge on any atom is -0.378 e. The Morgan fingerprint density at radius 2 is 1.62 bits per heavy atom. The van der Waals surface area contributed by atoms with Crippen LogP contribution in [0.5, 0.6) is 0 Å². The number of benzene rings is 2. The number of halogens is 2. The van der Waals surface area contributed by atoms with E-state index in [0.29, 0.717) is 47.6 Å². The van der Waals surface area contributed by atoms with Gasteiger partial charge in [-0.2, -0.15) is 0 Å². The number of carbonyl (C=O) groups is 2. The molecule has 0 aromatic heterocycles. The molecule has 0 bridgehead atoms. The molecule has 8 heteroatoms. The quantitative estimate of drug-likeness (QED) is 0.643. The van der Waals surface area contributed by atoms with E-state index in [1.165, 1.54) is 22.7 Å². The predicted molar refractivity (Wildman–Crippen MR) is 115 cm³/mol. The van der Waals surface area contributed by atoms with Crippen molar-refractivity contribution in [3.05, 3.63) is 68.7 Å². The van der Waals surface area contributed by atoms with E-state index >= 15 is 0 Å². The lowest BCUT2D eigenvalue weighted by molar-refractivity contribution is -0.121. The van der Waals surface area contributed by atoms with E-state index in [-0.39, 0.29) is 16.8 Å². The lowest BCUT2D eigenvalue weighted by atomic mass is 10.2. The Balaban J connectivity index is 1.74. The molecule has 4 rings (SSSR count). The number of amides is 2. The minimum atomic E-state index is -0.361. The summed E-state index contributed by atoms with van der Waals surface area (Å²) in [5.74, 6) is -0.717. The maximum Gasteiger partial charge on any atom is 0.283 e. The van der Waals surface area contributed by atoms with Gasteiger partial charge in [-0.3, -0.25) is 9.59 Å². The molecule has 1 saturated heterocycles. The second-order valence-corrected chi connectivity index (χ2v) is 8.63. The van der Waals surface area contributed by atoms with Crippen molar-refractivity contribution in [1.29, 1.82) is 0 Å². The molecular weight excluding hydrogens is 431 g/mol. The van der Waals surface area contributed by atoms with Gasteiger partial charge >= 0.3 is 0 Å². The molecule has 2 amide bonds. The fourth-order valence-corrected chi connectivity index (χ4v) is 4.53. The fraction of sp³-hybridized carbons (Fsp3) is 0.238. The Bertz CT molecular complexity index is 1000. The van der Waals surface area contributed by atoms with Gasteiger partial charge in [0.15, 0.2) is 0 Å². The Morgan fingerprint density at radius 3 is 2.28 bits per heavy atom. The molecule has 5 nitrogen and oxygen atoms in total. The second-order valence-electron chi connectivity index (χ2n) is 6.74. The Labute approximate surface area is 183 Å². The molecule has 0 N–H and O–H groups in total. The van der Waals surface area contributed by atoms with Crippen molar-refractivity contribution in [2.45, 2.75) is 11.8 Å². The van der Waals surface area contributed by atoms with Crippen molar-refractivity contribution >= 4 is 52.5 Å². The summed E-state index contributed by atoms with van der Waals surface area (Å²) < 4.78 is 5.42. The van der Waals surface area contributed by atoms with E-state index in [9.17, 15) is 9.59 Å². The summed E-state index contributed by atoms with van der Waals surface area (Å²) >= 11 is 13.4. The van der Waals surface area contributed by atoms with Crippen LogP contribution in [-0.2, 0) is 14.3 Å². The molecule has 2 aromatic rings. The first-order valence-corrected chi connectivity index (χ1v) is 10.7. The number of anilines is 1. The third kappa shape index (κ3) is 4.03. The van der Waals surface area contributed by atoms with Crippen LogP contribution < -0.4 is 4.90 Å². The van der Waals surface area contributed by atoms with Gasteiger partial charge in [-0.15, -0.1) is 0 Å². The highest BCUT2D eigenvalue weighted by molar-refractivity contribution is 8.04. The molecule has 0 aliphatic carbocycles. The van der Waals surface area contributed by atoms with Gasteiger partial charge in [0.25, 0.3) is 11.8 Å². The van der Waals surface area contributed by atoms with Gasteiger partial charge in [0.05, 0.1) is 28.9 Å². The number of imide groups is 1. The van der Waals surface area contributed by atoms with Crippen molar-refractivity contribution in [1.82, 2.24) is 4.90 Å². The Hall–Kier alpha value is -1.99. The largest absolute Gasteiger partial charge is 0.378 e. The van der Waals surface area contributed by atoms with E-state index in [4.69, 9.17) is 27.9 Å². The number of morpholine rings is 1. The van der Waals surface area contributed by atoms with Gasteiger partial charge in [0.1, 0.15) is 10.6 Å². The molecule has 2 aromatic carbocycles. The van der Waals surface area contributed by atoms with Gasteiger partial charge in [-0.05, 0) is 37.3 Å². The van der Waals surface area contributed by atoms with Gasteiger partial charge < -0.3 is 9.64 Å². The van der Waals surface area contributed by atoms with Crippen molar-refractivity contribution in [2.75, 3.05) is 31.2 Å². The summed E-state index contributed by atoms with van der Waals surface area (Å²) in [6, 6.07) is 12.6. The average molecular weight is 449 g/mol. The molecule has 0 spiro atoms. The van der Waals surface area contributed by atoms with Gasteiger partial charge in [0, 0.05) is 18.0 Å². The fourth-order valence-electron chi connectivity index (χ4n) is 3.24. The summed E-state index contributed by atoms with van der Waals surface area (Å²) in [5.41, 5.74) is 1.94. The Kier molecular flexibility index (Phi) is 5.88. The van der Waals surface area contributed by atoms with Crippen LogP contribution in [0.25, 0.3) is 0 Å². The number of aryl methyl sites for hydroxylation is 1. The highest BCUT2D eigenvalue weighted by atomic mass is 35.5. The smallest absolute Gasteiger partial charge is 0.283 e. The minimum absolute atomic E-state index is 0.289. The lowest BCUT2D eigenvalue weighted by Gasteiger charge is -2.29. The number of carbonyl (C=O) groups excluding carboxylic acids is 2. The zero-order valence-electron chi connectivity index (χ0n) is 15.7. The summed E-state index contributed by atoms with van der Waals surface area (Å²) in [5, 5.41) is 0.655. The first kappa shape index (κ1) is 20.3. The summed E-state index contributed by atoms with van der Waals surface area (Å²) in [7, 11) is 0. The number of thioether (sulfide) groups is 1. The molecule has 150 valence electrons. The van der Waals surface area contributed by atoms with Crippen molar-refractivity contribution in [3.63, 3.8) is 0 Å². The highest BCUT2D eigenvalue weighted by Crippen LogP contribution is 2.40. The van der Waals surface area contributed by atoms with E-state index < -0.39 is 0 Å². The lowest BCUT2D eigenvalue weighted by Crippen LogP contribution is -2.40. The molecule has 2 aliphatic rings. The van der Waals surface area contributed by atoms with Crippen LogP contribution in [-0.4, -0.2) is 43.0 Å². The third-order valence-corrected chi connectivity index (χ3v) is 6.57. The number of ether oxygens (including phenoxy) is 1. The van der Waals surface area contributed by atoms with Crippen LogP contribution in [0.1, 0.15) is 5.56 Å². The molecule has 0 radical (unpaired) electrons. The van der Waals surface area contributed by atoms with Gasteiger partial charge in [0.2, 0.25) is 0 Å². The van der Waals surface area contributed by atoms with Crippen molar-refractivity contribution in [2.24, 2.45) is 0 Å². The summed E-state index contributed by atoms with van der Waals surface area (Å²) in [4.78, 5) is 31.1. The zero-order valence-corrected chi connectivity index (χ0v) is 18.0. The van der Waals surface area contributed by atoms with Crippen LogP contribution in [0.4, 0.5) is 5.69 Å². The van der Waals surface area contributed by atoms with E-state index in [2.05, 4.69) is 0 Å². The van der Waals surface area contributed by atoms with Gasteiger partial charge in [-0.25, -0.2) is 4.90 Å². The third-order valence-electron chi connectivity index (χ3n) is 4.75. The molecule has 2 aliphatic heterocycles. The summed E-state index contributed by atoms with van der Waals surface area (Å²) in [6.45, 7) is 4.15. The summed E-state index contributed by atoms with van der Waals surface area (Å²) in [6.07, 6.45) is 0. The normalized spacial score (nSPS) is 17.5. The first-order chi connectivity index (χ1) is 14.0. The topological polar surface area (TPSA) is 49.9 Å². The molecule has 1 fully saturated rings. The van der Waals surface area contributed by atoms with Crippen LogP contribution >= 0.6 is 35.0 Å². The van der Waals surface area contributed by atoms with E-state index in [1.807, 2.05) is 36.1 Å². The molecule has 2 heterocycles. The number of hydrogen-bond acceptors (Lipinski definition) is 5. The maximum atomic E-state index is 13.3. The van der Waals surface area contributed by atoms with Crippen LogP contribution in [0.2, 0.25) is 10.0 Å². The molecule has 0 atom stereocenters. The standard InChI is InChI=1S/C21H18Cl2N2O3S/c1-13-2-5-15(6-3-13)29-19-18(24-8-10-28-11-9-24)20(26)25(21(19)27)14-4-7-16(22)17(23)12-14/h2-7,12H,8-11H2,1H3. The zero-order chi connectivity index (χ0) is 20.5. The van der Waals surface area contributed by atoms with E-state index in [1.54, 1.807) is 12.1 Å². The SMILES string of the molecule is Cc1ccc(SC2=C(N3CCOCC3)C(=O)N(c3ccc(Cl)c(Cl)c3)C2=O)cc1. The maximum absolute atomic E-state index is 13.3. The number of nitrogens with zero attached hydrogens (tertiary/aromatic N) is 2. The molecule has 29 heavy (non-hydrogen) atoms. The number of rotatable bonds is 4. The highest BCUT2D eigenvalue weighted by Gasteiger charge is 2.42. The van der Waals surface area contributed by atoms with Crippen LogP contribution in [0.15, 0.2) is 58.0 Å².